The second-order valence-electron chi connectivity index (χ2n) is 8.00. The number of carboxylic acids is 1. The fraction of sp³-hybridized carbons (Fsp3) is 0.895. The van der Waals surface area contributed by atoms with Gasteiger partial charge in [0.05, 0.1) is 5.92 Å². The molecule has 0 aromatic carbocycles. The van der Waals surface area contributed by atoms with Gasteiger partial charge in [-0.05, 0) is 87.9 Å². The molecule has 1 N–H and O–H groups in total. The summed E-state index contributed by atoms with van der Waals surface area (Å²) >= 11 is 0. The molecule has 0 amide bonds. The van der Waals surface area contributed by atoms with Crippen molar-refractivity contribution in [3.05, 3.63) is 0 Å². The Morgan fingerprint density at radius 2 is 1.05 bits per heavy atom. The average Bonchev–Trinajstić information content (AvgIpc) is 2.56. The van der Waals surface area contributed by atoms with Crippen molar-refractivity contribution < 1.29 is 14.7 Å². The van der Waals surface area contributed by atoms with Gasteiger partial charge in [-0.25, -0.2) is 0 Å². The minimum Gasteiger partial charge on any atom is -0.481 e. The summed E-state index contributed by atoms with van der Waals surface area (Å²) in [6, 6.07) is 0. The first-order valence-corrected chi connectivity index (χ1v) is 9.38. The van der Waals surface area contributed by atoms with E-state index in [1.165, 1.54) is 25.7 Å². The molecule has 0 radical (unpaired) electrons. The lowest BCUT2D eigenvalue weighted by Gasteiger charge is -2.40. The molecule has 0 heterocycles. The number of hydrogen-bond donors (Lipinski definition) is 1. The number of hydrogen-bond acceptors (Lipinski definition) is 2. The van der Waals surface area contributed by atoms with Gasteiger partial charge in [0, 0.05) is 12.8 Å². The van der Waals surface area contributed by atoms with E-state index in [1.807, 2.05) is 0 Å². The molecule has 0 aliphatic heterocycles. The Balaban J connectivity index is 1.42. The first-order chi connectivity index (χ1) is 10.6. The molecule has 3 rings (SSSR count). The minimum absolute atomic E-state index is 0.0765. The number of carbonyl (C=O) groups excluding carboxylic acids is 1. The first kappa shape index (κ1) is 16.0. The van der Waals surface area contributed by atoms with Crippen molar-refractivity contribution in [2.75, 3.05) is 0 Å². The van der Waals surface area contributed by atoms with Crippen molar-refractivity contribution in [2.45, 2.75) is 77.0 Å². The van der Waals surface area contributed by atoms with Gasteiger partial charge >= 0.3 is 5.97 Å². The quantitative estimate of drug-likeness (QED) is 0.838. The maximum absolute atomic E-state index is 11.4. The molecule has 3 heteroatoms. The maximum Gasteiger partial charge on any atom is 0.306 e. The van der Waals surface area contributed by atoms with Crippen LogP contribution in [0.25, 0.3) is 0 Å². The van der Waals surface area contributed by atoms with E-state index in [0.29, 0.717) is 5.78 Å². The Kier molecular flexibility index (Phi) is 5.20. The molecule has 3 aliphatic carbocycles. The summed E-state index contributed by atoms with van der Waals surface area (Å²) in [5.74, 6) is 3.10. The zero-order chi connectivity index (χ0) is 15.5. The van der Waals surface area contributed by atoms with Crippen LogP contribution in [0.5, 0.6) is 0 Å². The summed E-state index contributed by atoms with van der Waals surface area (Å²) in [4.78, 5) is 22.4. The lowest BCUT2D eigenvalue weighted by Crippen LogP contribution is -2.30. The average molecular weight is 306 g/mol. The maximum atomic E-state index is 11.4. The van der Waals surface area contributed by atoms with Gasteiger partial charge in [0.15, 0.2) is 0 Å². The summed E-state index contributed by atoms with van der Waals surface area (Å²) < 4.78 is 0. The van der Waals surface area contributed by atoms with Crippen molar-refractivity contribution in [3.8, 4) is 0 Å². The third-order valence-electron chi connectivity index (χ3n) is 6.86. The van der Waals surface area contributed by atoms with Crippen molar-refractivity contribution in [1.82, 2.24) is 0 Å². The summed E-state index contributed by atoms with van der Waals surface area (Å²) in [6.45, 7) is 0. The summed E-state index contributed by atoms with van der Waals surface area (Å²) in [5.41, 5.74) is 0. The van der Waals surface area contributed by atoms with Gasteiger partial charge in [-0.3, -0.25) is 9.59 Å². The van der Waals surface area contributed by atoms with Crippen molar-refractivity contribution >= 4 is 11.8 Å². The molecule has 3 fully saturated rings. The highest BCUT2D eigenvalue weighted by Crippen LogP contribution is 2.44. The monoisotopic (exact) mass is 306 g/mol. The molecule has 22 heavy (non-hydrogen) atoms. The second kappa shape index (κ2) is 7.14. The van der Waals surface area contributed by atoms with Gasteiger partial charge in [-0.15, -0.1) is 0 Å². The van der Waals surface area contributed by atoms with E-state index in [9.17, 15) is 9.59 Å². The number of carboxylic acid groups (broad SMARTS) is 1. The molecule has 3 saturated carbocycles. The predicted molar refractivity (Wildman–Crippen MR) is 85.5 cm³/mol. The van der Waals surface area contributed by atoms with E-state index in [1.54, 1.807) is 0 Å². The molecule has 0 aromatic rings. The van der Waals surface area contributed by atoms with Crippen LogP contribution in [0, 0.1) is 29.6 Å². The van der Waals surface area contributed by atoms with Crippen LogP contribution < -0.4 is 0 Å². The molecule has 0 unspecified atom stereocenters. The van der Waals surface area contributed by atoms with Gasteiger partial charge in [0.25, 0.3) is 0 Å². The number of rotatable bonds is 3. The van der Waals surface area contributed by atoms with Crippen LogP contribution >= 0.6 is 0 Å². The van der Waals surface area contributed by atoms with Crippen LogP contribution in [-0.4, -0.2) is 16.9 Å². The Morgan fingerprint density at radius 3 is 1.45 bits per heavy atom. The molecular weight excluding hydrogens is 276 g/mol. The van der Waals surface area contributed by atoms with Crippen molar-refractivity contribution in [3.63, 3.8) is 0 Å². The highest BCUT2D eigenvalue weighted by Gasteiger charge is 2.35. The van der Waals surface area contributed by atoms with E-state index in [4.69, 9.17) is 5.11 Å². The van der Waals surface area contributed by atoms with E-state index in [2.05, 4.69) is 0 Å². The predicted octanol–water partition coefficient (Wildman–Crippen LogP) is 4.44. The van der Waals surface area contributed by atoms with Gasteiger partial charge in [0.1, 0.15) is 5.78 Å². The zero-order valence-corrected chi connectivity index (χ0v) is 13.6. The van der Waals surface area contributed by atoms with E-state index >= 15 is 0 Å². The fourth-order valence-corrected chi connectivity index (χ4v) is 5.36. The van der Waals surface area contributed by atoms with Gasteiger partial charge < -0.3 is 5.11 Å². The Labute approximate surface area is 133 Å². The molecule has 124 valence electrons. The molecule has 3 nitrogen and oxygen atoms in total. The van der Waals surface area contributed by atoms with E-state index in [0.717, 1.165) is 75.0 Å². The summed E-state index contributed by atoms with van der Waals surface area (Å²) in [6.07, 6.45) is 13.4. The molecule has 0 spiro atoms. The minimum atomic E-state index is -0.589. The van der Waals surface area contributed by atoms with E-state index < -0.39 is 5.97 Å². The summed E-state index contributed by atoms with van der Waals surface area (Å²) in [5, 5.41) is 9.11. The standard InChI is InChI=1S/C19H30O3/c20-18-11-9-16(10-12-18)14-3-1-13(2-4-14)15-5-7-17(8-6-15)19(21)22/h13-17H,1-12H2,(H,21,22). The van der Waals surface area contributed by atoms with Crippen LogP contribution in [0.15, 0.2) is 0 Å². The lowest BCUT2D eigenvalue weighted by molar-refractivity contribution is -0.143. The fourth-order valence-electron chi connectivity index (χ4n) is 5.36. The number of ketones is 1. The molecule has 0 atom stereocenters. The van der Waals surface area contributed by atoms with Gasteiger partial charge in [-0.1, -0.05) is 0 Å². The summed E-state index contributed by atoms with van der Waals surface area (Å²) in [7, 11) is 0. The number of Topliss-reactive ketones (excluding diaryl/α,β-unsaturated/α-hetero) is 1. The second-order valence-corrected chi connectivity index (χ2v) is 8.00. The SMILES string of the molecule is O=C1CCC(C2CCC(C3CCC(C(=O)O)CC3)CC2)CC1. The number of aliphatic carboxylic acids is 1. The van der Waals surface area contributed by atoms with Crippen molar-refractivity contribution in [1.29, 1.82) is 0 Å². The van der Waals surface area contributed by atoms with Crippen LogP contribution in [0.3, 0.4) is 0 Å². The smallest absolute Gasteiger partial charge is 0.306 e. The van der Waals surface area contributed by atoms with Gasteiger partial charge in [0.2, 0.25) is 0 Å². The Morgan fingerprint density at radius 1 is 0.682 bits per heavy atom. The third-order valence-corrected chi connectivity index (χ3v) is 6.86. The van der Waals surface area contributed by atoms with E-state index in [-0.39, 0.29) is 5.92 Å². The lowest BCUT2D eigenvalue weighted by atomic mass is 9.65. The largest absolute Gasteiger partial charge is 0.481 e. The third kappa shape index (κ3) is 3.72. The van der Waals surface area contributed by atoms with Crippen LogP contribution in [0.1, 0.15) is 77.0 Å². The molecular formula is C19H30O3. The Hall–Kier alpha value is -0.860. The van der Waals surface area contributed by atoms with Crippen LogP contribution in [0.2, 0.25) is 0 Å². The topological polar surface area (TPSA) is 54.4 Å². The normalized spacial score (nSPS) is 37.9. The molecule has 0 aromatic heterocycles. The van der Waals surface area contributed by atoms with Crippen molar-refractivity contribution in [2.24, 2.45) is 29.6 Å². The first-order valence-electron chi connectivity index (χ1n) is 9.38. The zero-order valence-electron chi connectivity index (χ0n) is 13.6. The molecule has 3 aliphatic rings. The molecule has 0 bridgehead atoms. The van der Waals surface area contributed by atoms with Crippen LogP contribution in [0.4, 0.5) is 0 Å². The Bertz CT molecular complexity index is 391. The highest BCUT2D eigenvalue weighted by atomic mass is 16.4. The van der Waals surface area contributed by atoms with Gasteiger partial charge in [-0.2, -0.15) is 0 Å². The molecule has 0 saturated heterocycles. The highest BCUT2D eigenvalue weighted by molar-refractivity contribution is 5.79. The van der Waals surface area contributed by atoms with Crippen LogP contribution in [-0.2, 0) is 9.59 Å². The number of carbonyl (C=O) groups is 2.